The summed E-state index contributed by atoms with van der Waals surface area (Å²) in [5.74, 6) is 1.06. The summed E-state index contributed by atoms with van der Waals surface area (Å²) in [6.45, 7) is 0. The molecule has 0 aliphatic carbocycles. The van der Waals surface area contributed by atoms with Gasteiger partial charge in [0.25, 0.3) is 0 Å². The lowest BCUT2D eigenvalue weighted by molar-refractivity contribution is -0.117. The molecule has 0 aromatic carbocycles. The Bertz CT molecular complexity index is 327. The molecule has 0 radical (unpaired) electrons. The van der Waals surface area contributed by atoms with Crippen LogP contribution in [0.4, 0.5) is 5.95 Å². The van der Waals surface area contributed by atoms with Crippen LogP contribution in [0.5, 0.6) is 0 Å². The monoisotopic (exact) mass is 229 g/mol. The van der Waals surface area contributed by atoms with E-state index in [1.165, 1.54) is 11.0 Å². The lowest BCUT2D eigenvalue weighted by Gasteiger charge is -2.10. The van der Waals surface area contributed by atoms with E-state index in [0.29, 0.717) is 12.4 Å². The second-order valence-corrected chi connectivity index (χ2v) is 4.07. The van der Waals surface area contributed by atoms with Crippen LogP contribution >= 0.6 is 11.8 Å². The third-order valence-corrected chi connectivity index (χ3v) is 2.56. The van der Waals surface area contributed by atoms with E-state index in [4.69, 9.17) is 5.73 Å². The molecule has 0 aliphatic heterocycles. The second kappa shape index (κ2) is 5.72. The van der Waals surface area contributed by atoms with Crippen molar-refractivity contribution < 1.29 is 4.79 Å². The summed E-state index contributed by atoms with van der Waals surface area (Å²) in [4.78, 5) is 15.4. The summed E-state index contributed by atoms with van der Waals surface area (Å²) in [6.07, 6.45) is 4.02. The van der Waals surface area contributed by atoms with Gasteiger partial charge < -0.3 is 5.73 Å². The topological polar surface area (TPSA) is 85.8 Å². The molecule has 0 spiro atoms. The van der Waals surface area contributed by atoms with Crippen molar-refractivity contribution in [3.05, 3.63) is 6.33 Å². The summed E-state index contributed by atoms with van der Waals surface area (Å²) in [5.41, 5.74) is 5.69. The largest absolute Gasteiger partial charge is 0.320 e. The van der Waals surface area contributed by atoms with Crippen molar-refractivity contribution in [3.63, 3.8) is 0 Å². The Kier molecular flexibility index (Phi) is 4.57. The lowest BCUT2D eigenvalue weighted by Crippen LogP contribution is -2.36. The number of hydrogen-bond donors (Lipinski definition) is 2. The van der Waals surface area contributed by atoms with E-state index in [-0.39, 0.29) is 5.91 Å². The standard InChI is InChI=1S/C8H15N5OS/c1-13-8(10-5-11-13)12-7(14)6(9)3-4-15-2/h5-6H,3-4,9H2,1-2H3,(H,10,11,12,14)/t6-/m1/s1. The Morgan fingerprint density at radius 1 is 1.80 bits per heavy atom. The molecule has 1 heterocycles. The molecule has 84 valence electrons. The van der Waals surface area contributed by atoms with Crippen LogP contribution < -0.4 is 11.1 Å². The van der Waals surface area contributed by atoms with Gasteiger partial charge in [-0.3, -0.25) is 10.1 Å². The fraction of sp³-hybridized carbons (Fsp3) is 0.625. The average Bonchev–Trinajstić information content (AvgIpc) is 2.61. The van der Waals surface area contributed by atoms with Crippen molar-refractivity contribution in [2.75, 3.05) is 17.3 Å². The molecular formula is C8H15N5OS. The SMILES string of the molecule is CSCC[C@@H](N)C(=O)Nc1ncnn1C. The first-order valence-corrected chi connectivity index (χ1v) is 5.94. The van der Waals surface area contributed by atoms with Gasteiger partial charge in [0.05, 0.1) is 6.04 Å². The fourth-order valence-electron chi connectivity index (χ4n) is 0.988. The Labute approximate surface area is 92.6 Å². The number of nitrogens with zero attached hydrogens (tertiary/aromatic N) is 3. The average molecular weight is 229 g/mol. The highest BCUT2D eigenvalue weighted by molar-refractivity contribution is 7.98. The number of thioether (sulfide) groups is 1. The fourth-order valence-corrected chi connectivity index (χ4v) is 1.48. The molecular weight excluding hydrogens is 214 g/mol. The number of anilines is 1. The van der Waals surface area contributed by atoms with Gasteiger partial charge >= 0.3 is 0 Å². The van der Waals surface area contributed by atoms with Gasteiger partial charge in [-0.25, -0.2) is 4.68 Å². The molecule has 7 heteroatoms. The smallest absolute Gasteiger partial charge is 0.243 e. The molecule has 0 aliphatic rings. The van der Waals surface area contributed by atoms with Crippen LogP contribution in [0, 0.1) is 0 Å². The summed E-state index contributed by atoms with van der Waals surface area (Å²) in [6, 6.07) is -0.492. The molecule has 1 aromatic heterocycles. The number of aryl methyl sites for hydroxylation is 1. The van der Waals surface area contributed by atoms with Crippen molar-refractivity contribution in [2.45, 2.75) is 12.5 Å². The third-order valence-electron chi connectivity index (χ3n) is 1.92. The Balaban J connectivity index is 2.45. The maximum Gasteiger partial charge on any atom is 0.243 e. The normalized spacial score (nSPS) is 12.5. The summed E-state index contributed by atoms with van der Waals surface area (Å²) >= 11 is 1.67. The second-order valence-electron chi connectivity index (χ2n) is 3.08. The van der Waals surface area contributed by atoms with Crippen molar-refractivity contribution in [1.82, 2.24) is 14.8 Å². The van der Waals surface area contributed by atoms with Crippen molar-refractivity contribution in [3.8, 4) is 0 Å². The van der Waals surface area contributed by atoms with Crippen molar-refractivity contribution >= 4 is 23.6 Å². The number of rotatable bonds is 5. The van der Waals surface area contributed by atoms with Gasteiger partial charge in [0.1, 0.15) is 6.33 Å². The van der Waals surface area contributed by atoms with Gasteiger partial charge in [-0.2, -0.15) is 21.8 Å². The quantitative estimate of drug-likeness (QED) is 0.732. The van der Waals surface area contributed by atoms with Gasteiger partial charge in [-0.1, -0.05) is 0 Å². The highest BCUT2D eigenvalue weighted by Crippen LogP contribution is 2.02. The van der Waals surface area contributed by atoms with Crippen molar-refractivity contribution in [1.29, 1.82) is 0 Å². The van der Waals surface area contributed by atoms with Gasteiger partial charge in [-0.05, 0) is 18.4 Å². The molecule has 0 unspecified atom stereocenters. The molecule has 3 N–H and O–H groups in total. The highest BCUT2D eigenvalue weighted by atomic mass is 32.2. The minimum atomic E-state index is -0.492. The van der Waals surface area contributed by atoms with Crippen molar-refractivity contribution in [2.24, 2.45) is 12.8 Å². The van der Waals surface area contributed by atoms with Crippen LogP contribution in [0.2, 0.25) is 0 Å². The third kappa shape index (κ3) is 3.52. The number of aromatic nitrogens is 3. The summed E-state index contributed by atoms with van der Waals surface area (Å²) in [7, 11) is 1.70. The number of amides is 1. The van der Waals surface area contributed by atoms with Gasteiger partial charge in [0.15, 0.2) is 0 Å². The minimum Gasteiger partial charge on any atom is -0.320 e. The molecule has 0 saturated heterocycles. The van der Waals surface area contributed by atoms with Crippen LogP contribution in [-0.2, 0) is 11.8 Å². The predicted molar refractivity (Wildman–Crippen MR) is 60.6 cm³/mol. The van der Waals surface area contributed by atoms with Crippen LogP contribution in [-0.4, -0.2) is 38.7 Å². The lowest BCUT2D eigenvalue weighted by atomic mass is 10.2. The summed E-state index contributed by atoms with van der Waals surface area (Å²) < 4.78 is 1.49. The van der Waals surface area contributed by atoms with E-state index in [1.54, 1.807) is 18.8 Å². The van der Waals surface area contributed by atoms with Crippen LogP contribution in [0.25, 0.3) is 0 Å². The molecule has 15 heavy (non-hydrogen) atoms. The molecule has 0 bridgehead atoms. The molecule has 1 aromatic rings. The van der Waals surface area contributed by atoms with E-state index >= 15 is 0 Å². The zero-order chi connectivity index (χ0) is 11.3. The summed E-state index contributed by atoms with van der Waals surface area (Å²) in [5, 5.41) is 6.45. The first-order valence-electron chi connectivity index (χ1n) is 4.54. The van der Waals surface area contributed by atoms with E-state index in [9.17, 15) is 4.79 Å². The number of nitrogens with two attached hydrogens (primary N) is 1. The number of carbonyl (C=O) groups excluding carboxylic acids is 1. The Hall–Kier alpha value is -1.08. The zero-order valence-corrected chi connectivity index (χ0v) is 9.62. The first kappa shape index (κ1) is 12.0. The molecule has 6 nitrogen and oxygen atoms in total. The Morgan fingerprint density at radius 3 is 3.07 bits per heavy atom. The van der Waals surface area contributed by atoms with Gasteiger partial charge in [-0.15, -0.1) is 0 Å². The number of hydrogen-bond acceptors (Lipinski definition) is 5. The van der Waals surface area contributed by atoms with E-state index in [0.717, 1.165) is 5.75 Å². The van der Waals surface area contributed by atoms with Gasteiger partial charge in [0.2, 0.25) is 11.9 Å². The van der Waals surface area contributed by atoms with Crippen LogP contribution in [0.3, 0.4) is 0 Å². The maximum atomic E-state index is 11.5. The highest BCUT2D eigenvalue weighted by Gasteiger charge is 2.14. The van der Waals surface area contributed by atoms with Crippen LogP contribution in [0.1, 0.15) is 6.42 Å². The van der Waals surface area contributed by atoms with E-state index in [2.05, 4.69) is 15.4 Å². The maximum absolute atomic E-state index is 11.5. The first-order chi connectivity index (χ1) is 7.15. The predicted octanol–water partition coefficient (Wildman–Crippen LogP) is -0.166. The van der Waals surface area contributed by atoms with E-state index < -0.39 is 6.04 Å². The molecule has 0 fully saturated rings. The minimum absolute atomic E-state index is 0.222. The zero-order valence-electron chi connectivity index (χ0n) is 8.80. The number of nitrogens with one attached hydrogen (secondary N) is 1. The van der Waals surface area contributed by atoms with E-state index in [1.807, 2.05) is 6.26 Å². The van der Waals surface area contributed by atoms with Crippen LogP contribution in [0.15, 0.2) is 6.33 Å². The number of carbonyl (C=O) groups is 1. The van der Waals surface area contributed by atoms with Gasteiger partial charge in [0, 0.05) is 7.05 Å². The molecule has 0 saturated carbocycles. The molecule has 1 atom stereocenters. The molecule has 1 rings (SSSR count). The molecule has 1 amide bonds. The Morgan fingerprint density at radius 2 is 2.53 bits per heavy atom.